The lowest BCUT2D eigenvalue weighted by Gasteiger charge is -2.06. The molecule has 0 saturated carbocycles. The van der Waals surface area contributed by atoms with Gasteiger partial charge in [0, 0.05) is 19.2 Å². The first-order valence-electron chi connectivity index (χ1n) is 5.82. The second-order valence-corrected chi connectivity index (χ2v) is 6.86. The summed E-state index contributed by atoms with van der Waals surface area (Å²) in [6.07, 6.45) is 0. The van der Waals surface area contributed by atoms with E-state index in [0.29, 0.717) is 11.0 Å². The van der Waals surface area contributed by atoms with Gasteiger partial charge in [0.1, 0.15) is 0 Å². The van der Waals surface area contributed by atoms with Crippen LogP contribution in [-0.4, -0.2) is 19.8 Å². The second kappa shape index (κ2) is 5.23. The maximum atomic E-state index is 6.18. The maximum Gasteiger partial charge on any atom is 0.186 e. The largest absolute Gasteiger partial charge is 0.191 e. The number of aryl methyl sites for hydroxylation is 1. The zero-order valence-corrected chi connectivity index (χ0v) is 15.2. The number of rotatable bonds is 1. The van der Waals surface area contributed by atoms with Crippen molar-refractivity contribution in [1.29, 1.82) is 0 Å². The fourth-order valence-electron chi connectivity index (χ4n) is 1.93. The lowest BCUT2D eigenvalue weighted by Crippen LogP contribution is -2.01. The SMILES string of the molecule is Cc1c(Cl)nn2c(-c3cc(Br)ccc3I)nnc2c1C. The van der Waals surface area contributed by atoms with E-state index in [1.807, 2.05) is 32.0 Å². The van der Waals surface area contributed by atoms with Gasteiger partial charge in [0.15, 0.2) is 16.6 Å². The van der Waals surface area contributed by atoms with E-state index in [-0.39, 0.29) is 0 Å². The maximum absolute atomic E-state index is 6.18. The van der Waals surface area contributed by atoms with Crippen molar-refractivity contribution in [3.63, 3.8) is 0 Å². The summed E-state index contributed by atoms with van der Waals surface area (Å²) in [5.41, 5.74) is 3.63. The van der Waals surface area contributed by atoms with Crippen molar-refractivity contribution in [2.75, 3.05) is 0 Å². The van der Waals surface area contributed by atoms with E-state index in [0.717, 1.165) is 30.4 Å². The van der Waals surface area contributed by atoms with Crippen molar-refractivity contribution in [2.24, 2.45) is 0 Å². The summed E-state index contributed by atoms with van der Waals surface area (Å²) < 4.78 is 3.77. The molecule has 0 fully saturated rings. The monoisotopic (exact) mass is 462 g/mol. The van der Waals surface area contributed by atoms with Crippen LogP contribution in [0.15, 0.2) is 22.7 Å². The number of halogens is 3. The van der Waals surface area contributed by atoms with Gasteiger partial charge in [0.25, 0.3) is 0 Å². The van der Waals surface area contributed by atoms with Crippen LogP contribution < -0.4 is 0 Å². The predicted molar refractivity (Wildman–Crippen MR) is 91.1 cm³/mol. The molecule has 0 unspecified atom stereocenters. The molecule has 0 radical (unpaired) electrons. The van der Waals surface area contributed by atoms with Gasteiger partial charge in [0.05, 0.1) is 0 Å². The average Bonchev–Trinajstić information content (AvgIpc) is 2.82. The van der Waals surface area contributed by atoms with Gasteiger partial charge in [-0.15, -0.1) is 10.2 Å². The van der Waals surface area contributed by atoms with Gasteiger partial charge in [0.2, 0.25) is 0 Å². The van der Waals surface area contributed by atoms with Crippen LogP contribution in [0.2, 0.25) is 5.15 Å². The highest BCUT2D eigenvalue weighted by atomic mass is 127. The molecule has 0 amide bonds. The van der Waals surface area contributed by atoms with Crippen molar-refractivity contribution >= 4 is 55.8 Å². The molecule has 0 aliphatic carbocycles. The minimum absolute atomic E-state index is 0.473. The van der Waals surface area contributed by atoms with Crippen LogP contribution in [0.25, 0.3) is 17.0 Å². The van der Waals surface area contributed by atoms with E-state index < -0.39 is 0 Å². The van der Waals surface area contributed by atoms with Crippen molar-refractivity contribution in [1.82, 2.24) is 19.8 Å². The molecule has 7 heteroatoms. The van der Waals surface area contributed by atoms with Gasteiger partial charge in [-0.25, -0.2) is 0 Å². The third-order valence-electron chi connectivity index (χ3n) is 3.21. The third kappa shape index (κ3) is 2.23. The molecule has 3 aromatic rings. The van der Waals surface area contributed by atoms with Gasteiger partial charge in [-0.3, -0.25) is 0 Å². The molecule has 102 valence electrons. The minimum atomic E-state index is 0.473. The fraction of sp³-hybridized carbons (Fsp3) is 0.154. The van der Waals surface area contributed by atoms with E-state index in [9.17, 15) is 0 Å². The Labute approximate surface area is 142 Å². The highest BCUT2D eigenvalue weighted by molar-refractivity contribution is 14.1. The van der Waals surface area contributed by atoms with Gasteiger partial charge in [-0.05, 0) is 60.2 Å². The highest BCUT2D eigenvalue weighted by Gasteiger charge is 2.16. The molecule has 1 aromatic carbocycles. The van der Waals surface area contributed by atoms with Gasteiger partial charge >= 0.3 is 0 Å². The van der Waals surface area contributed by atoms with Gasteiger partial charge in [-0.1, -0.05) is 27.5 Å². The lowest BCUT2D eigenvalue weighted by molar-refractivity contribution is 0.918. The van der Waals surface area contributed by atoms with Crippen LogP contribution in [0, 0.1) is 17.4 Å². The quantitative estimate of drug-likeness (QED) is 0.502. The van der Waals surface area contributed by atoms with Crippen LogP contribution in [-0.2, 0) is 0 Å². The number of nitrogens with zero attached hydrogens (tertiary/aromatic N) is 4. The van der Waals surface area contributed by atoms with Crippen LogP contribution in [0.5, 0.6) is 0 Å². The number of hydrogen-bond acceptors (Lipinski definition) is 3. The molecular formula is C13H9BrClIN4. The summed E-state index contributed by atoms with van der Waals surface area (Å²) in [4.78, 5) is 0. The van der Waals surface area contributed by atoms with Crippen LogP contribution >= 0.6 is 50.1 Å². The Morgan fingerprint density at radius 1 is 1.20 bits per heavy atom. The molecular weight excluding hydrogens is 454 g/mol. The topological polar surface area (TPSA) is 43.1 Å². The third-order valence-corrected chi connectivity index (χ3v) is 5.00. The molecule has 2 aromatic heterocycles. The van der Waals surface area contributed by atoms with Crippen molar-refractivity contribution < 1.29 is 0 Å². The Kier molecular flexibility index (Phi) is 3.72. The first kappa shape index (κ1) is 14.2. The molecule has 20 heavy (non-hydrogen) atoms. The lowest BCUT2D eigenvalue weighted by atomic mass is 10.2. The normalized spacial score (nSPS) is 11.2. The molecule has 2 heterocycles. The Balaban J connectivity index is 2.36. The molecule has 0 bridgehead atoms. The van der Waals surface area contributed by atoms with Gasteiger partial charge < -0.3 is 0 Å². The van der Waals surface area contributed by atoms with Gasteiger partial charge in [-0.2, -0.15) is 9.61 Å². The Hall–Kier alpha value is -0.730. The summed E-state index contributed by atoms with van der Waals surface area (Å²) in [6, 6.07) is 6.01. The Morgan fingerprint density at radius 2 is 1.95 bits per heavy atom. The van der Waals surface area contributed by atoms with E-state index in [1.165, 1.54) is 0 Å². The smallest absolute Gasteiger partial charge is 0.186 e. The summed E-state index contributed by atoms with van der Waals surface area (Å²) >= 11 is 11.9. The summed E-state index contributed by atoms with van der Waals surface area (Å²) in [6.45, 7) is 3.91. The molecule has 4 nitrogen and oxygen atoms in total. The molecule has 3 rings (SSSR count). The summed E-state index contributed by atoms with van der Waals surface area (Å²) in [7, 11) is 0. The van der Waals surface area contributed by atoms with Crippen LogP contribution in [0.3, 0.4) is 0 Å². The van der Waals surface area contributed by atoms with Crippen molar-refractivity contribution in [3.8, 4) is 11.4 Å². The Morgan fingerprint density at radius 3 is 2.70 bits per heavy atom. The molecule has 0 aliphatic heterocycles. The number of fused-ring (bicyclic) bond motifs is 1. The molecule has 0 atom stereocenters. The first-order valence-corrected chi connectivity index (χ1v) is 8.07. The van der Waals surface area contributed by atoms with Crippen LogP contribution in [0.1, 0.15) is 11.1 Å². The standard InChI is InChI=1S/C13H9BrClIN4/c1-6-7(2)12-17-18-13(20(12)19-11(6)15)9-5-8(14)3-4-10(9)16/h3-5H,1-2H3. The number of aromatic nitrogens is 4. The number of hydrogen-bond donors (Lipinski definition) is 0. The van der Waals surface area contributed by atoms with E-state index in [1.54, 1.807) is 4.52 Å². The molecule has 0 spiro atoms. The zero-order chi connectivity index (χ0) is 14.4. The van der Waals surface area contributed by atoms with E-state index in [4.69, 9.17) is 11.6 Å². The minimum Gasteiger partial charge on any atom is -0.191 e. The fourth-order valence-corrected chi connectivity index (χ4v) is 3.09. The van der Waals surface area contributed by atoms with Crippen LogP contribution in [0.4, 0.5) is 0 Å². The average molecular weight is 464 g/mol. The molecule has 0 aliphatic rings. The first-order chi connectivity index (χ1) is 9.49. The Bertz CT molecular complexity index is 831. The number of benzene rings is 1. The summed E-state index contributed by atoms with van der Waals surface area (Å²) in [5.74, 6) is 0.690. The highest BCUT2D eigenvalue weighted by Crippen LogP contribution is 2.29. The molecule has 0 saturated heterocycles. The molecule has 0 N–H and O–H groups in total. The predicted octanol–water partition coefficient (Wildman–Crippen LogP) is 4.43. The van der Waals surface area contributed by atoms with Crippen molar-refractivity contribution in [3.05, 3.63) is 42.5 Å². The second-order valence-electron chi connectivity index (χ2n) is 4.42. The van der Waals surface area contributed by atoms with E-state index in [2.05, 4.69) is 53.8 Å². The summed E-state index contributed by atoms with van der Waals surface area (Å²) in [5, 5.41) is 13.4. The van der Waals surface area contributed by atoms with Crippen molar-refractivity contribution in [2.45, 2.75) is 13.8 Å². The zero-order valence-electron chi connectivity index (χ0n) is 10.7. The van der Waals surface area contributed by atoms with E-state index >= 15 is 0 Å².